The third kappa shape index (κ3) is 3.48. The maximum Gasteiger partial charge on any atom is 0.262 e. The van der Waals surface area contributed by atoms with Gasteiger partial charge in [-0.2, -0.15) is 0 Å². The van der Waals surface area contributed by atoms with Crippen molar-refractivity contribution in [3.63, 3.8) is 0 Å². The third-order valence-corrected chi connectivity index (χ3v) is 5.50. The molecule has 0 radical (unpaired) electrons. The average Bonchev–Trinajstić information content (AvgIpc) is 2.37. The predicted molar refractivity (Wildman–Crippen MR) is 85.5 cm³/mol. The summed E-state index contributed by atoms with van der Waals surface area (Å²) < 4.78 is 41.2. The van der Waals surface area contributed by atoms with E-state index < -0.39 is 15.8 Å². The van der Waals surface area contributed by atoms with E-state index >= 15 is 0 Å². The normalized spacial score (nSPS) is 11.4. The molecule has 0 saturated carbocycles. The lowest BCUT2D eigenvalue weighted by molar-refractivity contribution is 0.591. The monoisotopic (exact) mass is 392 g/mol. The van der Waals surface area contributed by atoms with Gasteiger partial charge in [0.05, 0.1) is 15.6 Å². The molecule has 0 heterocycles. The molecular formula is C13H11BrClFN2O2S. The number of benzene rings is 2. The second-order valence-electron chi connectivity index (χ2n) is 4.36. The van der Waals surface area contributed by atoms with Crippen molar-refractivity contribution < 1.29 is 12.8 Å². The van der Waals surface area contributed by atoms with Gasteiger partial charge in [0, 0.05) is 15.7 Å². The van der Waals surface area contributed by atoms with Crippen molar-refractivity contribution in [2.45, 2.75) is 11.8 Å². The number of sulfonamides is 1. The van der Waals surface area contributed by atoms with E-state index in [9.17, 15) is 12.8 Å². The SMILES string of the molecule is Cc1c(F)cc(N)cc1S(=O)(=O)Nc1ccc(Cl)c(Br)c1. The fourth-order valence-electron chi connectivity index (χ4n) is 1.72. The number of nitrogen functional groups attached to an aromatic ring is 1. The van der Waals surface area contributed by atoms with Crippen molar-refractivity contribution >= 4 is 48.9 Å². The molecule has 0 unspecified atom stereocenters. The van der Waals surface area contributed by atoms with Crippen LogP contribution in [-0.4, -0.2) is 8.42 Å². The van der Waals surface area contributed by atoms with Gasteiger partial charge in [0.25, 0.3) is 10.0 Å². The molecule has 0 fully saturated rings. The van der Waals surface area contributed by atoms with Crippen LogP contribution in [0, 0.1) is 12.7 Å². The fraction of sp³-hybridized carbons (Fsp3) is 0.0769. The quantitative estimate of drug-likeness (QED) is 0.776. The Bertz CT molecular complexity index is 812. The highest BCUT2D eigenvalue weighted by Gasteiger charge is 2.20. The summed E-state index contributed by atoms with van der Waals surface area (Å²) >= 11 is 9.05. The van der Waals surface area contributed by atoms with E-state index in [0.717, 1.165) is 6.07 Å². The molecule has 8 heteroatoms. The van der Waals surface area contributed by atoms with Crippen LogP contribution in [-0.2, 0) is 10.0 Å². The van der Waals surface area contributed by atoms with Crippen LogP contribution in [0.2, 0.25) is 5.02 Å². The number of halogens is 3. The molecule has 0 bridgehead atoms. The second kappa shape index (κ2) is 5.82. The zero-order valence-corrected chi connectivity index (χ0v) is 14.0. The Morgan fingerprint density at radius 1 is 1.29 bits per heavy atom. The first-order chi connectivity index (χ1) is 9.70. The highest BCUT2D eigenvalue weighted by molar-refractivity contribution is 9.10. The van der Waals surface area contributed by atoms with E-state index in [1.165, 1.54) is 31.2 Å². The summed E-state index contributed by atoms with van der Waals surface area (Å²) in [6.07, 6.45) is 0. The van der Waals surface area contributed by atoms with E-state index in [1.54, 1.807) is 0 Å². The summed E-state index contributed by atoms with van der Waals surface area (Å²) in [6, 6.07) is 6.84. The van der Waals surface area contributed by atoms with Gasteiger partial charge in [0.2, 0.25) is 0 Å². The molecule has 0 aromatic heterocycles. The molecule has 4 nitrogen and oxygen atoms in total. The van der Waals surface area contributed by atoms with E-state index in [2.05, 4.69) is 20.7 Å². The van der Waals surface area contributed by atoms with Gasteiger partial charge in [-0.1, -0.05) is 11.6 Å². The van der Waals surface area contributed by atoms with Crippen LogP contribution in [0.3, 0.4) is 0 Å². The Hall–Kier alpha value is -1.31. The minimum absolute atomic E-state index is 0.00438. The summed E-state index contributed by atoms with van der Waals surface area (Å²) in [5.74, 6) is -0.673. The number of hydrogen-bond donors (Lipinski definition) is 2. The average molecular weight is 394 g/mol. The largest absolute Gasteiger partial charge is 0.399 e. The van der Waals surface area contributed by atoms with Crippen molar-refractivity contribution in [3.05, 3.63) is 51.2 Å². The predicted octanol–water partition coefficient (Wildman–Crippen LogP) is 3.93. The lowest BCUT2D eigenvalue weighted by Gasteiger charge is -2.12. The summed E-state index contributed by atoms with van der Waals surface area (Å²) in [7, 11) is -3.95. The third-order valence-electron chi connectivity index (χ3n) is 2.78. The van der Waals surface area contributed by atoms with Crippen LogP contribution in [0.25, 0.3) is 0 Å². The Kier molecular flexibility index (Phi) is 4.46. The van der Waals surface area contributed by atoms with Gasteiger partial charge >= 0.3 is 0 Å². The van der Waals surface area contributed by atoms with Crippen LogP contribution in [0.5, 0.6) is 0 Å². The van der Waals surface area contributed by atoms with Crippen molar-refractivity contribution in [1.82, 2.24) is 0 Å². The lowest BCUT2D eigenvalue weighted by atomic mass is 10.2. The zero-order chi connectivity index (χ0) is 15.8. The van der Waals surface area contributed by atoms with Crippen molar-refractivity contribution in [1.29, 1.82) is 0 Å². The first-order valence-corrected chi connectivity index (χ1v) is 8.39. The van der Waals surface area contributed by atoms with Crippen LogP contribution >= 0.6 is 27.5 Å². The van der Waals surface area contributed by atoms with Crippen LogP contribution in [0.4, 0.5) is 15.8 Å². The molecule has 2 aromatic carbocycles. The standard InChI is InChI=1S/C13H11BrClFN2O2S/c1-7-12(16)4-8(17)5-13(7)21(19,20)18-9-2-3-11(15)10(14)6-9/h2-6,18H,17H2,1H3. The van der Waals surface area contributed by atoms with Crippen LogP contribution < -0.4 is 10.5 Å². The first kappa shape index (κ1) is 16.1. The lowest BCUT2D eigenvalue weighted by Crippen LogP contribution is -2.15. The van der Waals surface area contributed by atoms with Gasteiger partial charge in [0.15, 0.2) is 0 Å². The molecule has 0 aliphatic carbocycles. The van der Waals surface area contributed by atoms with E-state index in [1.807, 2.05) is 0 Å². The Labute approximate surface area is 135 Å². The van der Waals surface area contributed by atoms with E-state index in [-0.39, 0.29) is 16.1 Å². The summed E-state index contributed by atoms with van der Waals surface area (Å²) in [5, 5.41) is 0.448. The maximum atomic E-state index is 13.6. The minimum Gasteiger partial charge on any atom is -0.399 e. The molecule has 0 saturated heterocycles. The molecule has 0 amide bonds. The number of nitrogens with one attached hydrogen (secondary N) is 1. The summed E-state index contributed by atoms with van der Waals surface area (Å²) in [6.45, 7) is 1.38. The number of hydrogen-bond acceptors (Lipinski definition) is 3. The van der Waals surface area contributed by atoms with Crippen molar-refractivity contribution in [3.8, 4) is 0 Å². The molecule has 0 atom stereocenters. The van der Waals surface area contributed by atoms with Crippen LogP contribution in [0.15, 0.2) is 39.7 Å². The minimum atomic E-state index is -3.95. The molecule has 112 valence electrons. The highest BCUT2D eigenvalue weighted by atomic mass is 79.9. The molecule has 0 aliphatic rings. The van der Waals surface area contributed by atoms with E-state index in [4.69, 9.17) is 17.3 Å². The number of rotatable bonds is 3. The van der Waals surface area contributed by atoms with Crippen molar-refractivity contribution in [2.75, 3.05) is 10.5 Å². The molecule has 2 rings (SSSR count). The summed E-state index contributed by atoms with van der Waals surface area (Å²) in [5.41, 5.74) is 5.85. The molecular weight excluding hydrogens is 383 g/mol. The molecule has 3 N–H and O–H groups in total. The van der Waals surface area contributed by atoms with Gasteiger partial charge in [-0.3, -0.25) is 4.72 Å². The number of anilines is 2. The van der Waals surface area contributed by atoms with Gasteiger partial charge in [-0.05, 0) is 53.2 Å². The Morgan fingerprint density at radius 2 is 1.95 bits per heavy atom. The van der Waals surface area contributed by atoms with Gasteiger partial charge in [0.1, 0.15) is 5.82 Å². The molecule has 0 aliphatic heterocycles. The molecule has 0 spiro atoms. The Morgan fingerprint density at radius 3 is 2.57 bits per heavy atom. The molecule has 21 heavy (non-hydrogen) atoms. The molecule has 2 aromatic rings. The fourth-order valence-corrected chi connectivity index (χ4v) is 3.56. The first-order valence-electron chi connectivity index (χ1n) is 5.74. The zero-order valence-electron chi connectivity index (χ0n) is 10.8. The van der Waals surface area contributed by atoms with Gasteiger partial charge in [-0.25, -0.2) is 12.8 Å². The number of nitrogens with two attached hydrogens (primary N) is 1. The van der Waals surface area contributed by atoms with Gasteiger partial charge in [-0.15, -0.1) is 0 Å². The van der Waals surface area contributed by atoms with Gasteiger partial charge < -0.3 is 5.73 Å². The maximum absolute atomic E-state index is 13.6. The Balaban J connectivity index is 2.45. The smallest absolute Gasteiger partial charge is 0.262 e. The second-order valence-corrected chi connectivity index (χ2v) is 7.27. The summed E-state index contributed by atoms with van der Waals surface area (Å²) in [4.78, 5) is -0.203. The topological polar surface area (TPSA) is 72.2 Å². The highest BCUT2D eigenvalue weighted by Crippen LogP contribution is 2.28. The van der Waals surface area contributed by atoms with Crippen LogP contribution in [0.1, 0.15) is 5.56 Å². The van der Waals surface area contributed by atoms with Crippen molar-refractivity contribution in [2.24, 2.45) is 0 Å². The van der Waals surface area contributed by atoms with E-state index in [0.29, 0.717) is 15.2 Å².